The van der Waals surface area contributed by atoms with E-state index in [4.69, 9.17) is 10.5 Å². The Hall–Kier alpha value is -0.570. The van der Waals surface area contributed by atoms with E-state index in [9.17, 15) is 4.79 Å². The third-order valence-corrected chi connectivity index (χ3v) is 3.93. The standard InChI is InChI=1S/C13H25NO2/c1-9(2)10(14)11(15)16-8-13(6-7-13)12(3,4)5/h9-10H,6-8,14H2,1-5H3. The topological polar surface area (TPSA) is 52.3 Å². The minimum Gasteiger partial charge on any atom is -0.464 e. The fourth-order valence-electron chi connectivity index (χ4n) is 1.84. The molecular formula is C13H25NO2. The zero-order valence-corrected chi connectivity index (χ0v) is 11.2. The maximum absolute atomic E-state index is 11.6. The van der Waals surface area contributed by atoms with Crippen LogP contribution in [0.1, 0.15) is 47.5 Å². The number of ether oxygens (including phenoxy) is 1. The summed E-state index contributed by atoms with van der Waals surface area (Å²) in [6, 6.07) is -0.490. The van der Waals surface area contributed by atoms with Gasteiger partial charge in [0.2, 0.25) is 0 Å². The average Bonchev–Trinajstić information content (AvgIpc) is 2.92. The number of nitrogens with two attached hydrogens (primary N) is 1. The van der Waals surface area contributed by atoms with Crippen molar-refractivity contribution in [2.24, 2.45) is 22.5 Å². The van der Waals surface area contributed by atoms with Crippen LogP contribution >= 0.6 is 0 Å². The fraction of sp³-hybridized carbons (Fsp3) is 0.923. The van der Waals surface area contributed by atoms with E-state index in [1.54, 1.807) is 0 Å². The van der Waals surface area contributed by atoms with Crippen molar-refractivity contribution in [3.05, 3.63) is 0 Å². The van der Waals surface area contributed by atoms with Crippen molar-refractivity contribution >= 4 is 5.97 Å². The van der Waals surface area contributed by atoms with Crippen molar-refractivity contribution in [1.82, 2.24) is 0 Å². The van der Waals surface area contributed by atoms with Crippen molar-refractivity contribution in [3.63, 3.8) is 0 Å². The summed E-state index contributed by atoms with van der Waals surface area (Å²) in [5.74, 6) is -0.122. The van der Waals surface area contributed by atoms with Gasteiger partial charge in [0, 0.05) is 5.41 Å². The quantitative estimate of drug-likeness (QED) is 0.750. The van der Waals surface area contributed by atoms with Gasteiger partial charge in [0.1, 0.15) is 6.04 Å². The van der Waals surface area contributed by atoms with Gasteiger partial charge < -0.3 is 10.5 Å². The van der Waals surface area contributed by atoms with E-state index < -0.39 is 6.04 Å². The highest BCUT2D eigenvalue weighted by atomic mass is 16.5. The predicted octanol–water partition coefficient (Wildman–Crippen LogP) is 2.34. The Morgan fingerprint density at radius 3 is 2.19 bits per heavy atom. The highest BCUT2D eigenvalue weighted by Gasteiger charge is 2.52. The molecule has 2 N–H and O–H groups in total. The normalized spacial score (nSPS) is 20.7. The van der Waals surface area contributed by atoms with Gasteiger partial charge in [0.05, 0.1) is 6.61 Å². The van der Waals surface area contributed by atoms with Gasteiger partial charge in [-0.15, -0.1) is 0 Å². The molecule has 94 valence electrons. The van der Waals surface area contributed by atoms with Crippen molar-refractivity contribution in [2.45, 2.75) is 53.5 Å². The number of carbonyl (C=O) groups excluding carboxylic acids is 1. The highest BCUT2D eigenvalue weighted by molar-refractivity contribution is 5.75. The molecule has 0 aromatic carbocycles. The molecule has 0 aliphatic heterocycles. The van der Waals surface area contributed by atoms with Crippen LogP contribution in [0.3, 0.4) is 0 Å². The first-order valence-corrected chi connectivity index (χ1v) is 6.12. The Bertz CT molecular complexity index is 262. The van der Waals surface area contributed by atoms with E-state index in [0.29, 0.717) is 6.61 Å². The Kier molecular flexibility index (Phi) is 3.68. The largest absolute Gasteiger partial charge is 0.464 e. The van der Waals surface area contributed by atoms with E-state index in [0.717, 1.165) is 12.8 Å². The summed E-state index contributed by atoms with van der Waals surface area (Å²) in [7, 11) is 0. The van der Waals surface area contributed by atoms with Crippen LogP contribution in [0, 0.1) is 16.7 Å². The maximum Gasteiger partial charge on any atom is 0.323 e. The molecule has 0 heterocycles. The van der Waals surface area contributed by atoms with Crippen LogP contribution in [-0.4, -0.2) is 18.6 Å². The van der Waals surface area contributed by atoms with Gasteiger partial charge in [-0.2, -0.15) is 0 Å². The molecule has 1 aliphatic carbocycles. The van der Waals surface area contributed by atoms with Gasteiger partial charge in [0.25, 0.3) is 0 Å². The third-order valence-electron chi connectivity index (χ3n) is 3.93. The first-order valence-electron chi connectivity index (χ1n) is 6.12. The molecule has 1 unspecified atom stereocenters. The van der Waals surface area contributed by atoms with Crippen LogP contribution < -0.4 is 5.73 Å². The molecule has 0 aromatic heterocycles. The Morgan fingerprint density at radius 2 is 1.88 bits per heavy atom. The molecule has 0 aromatic rings. The van der Waals surface area contributed by atoms with Gasteiger partial charge in [-0.3, -0.25) is 4.79 Å². The van der Waals surface area contributed by atoms with Gasteiger partial charge >= 0.3 is 5.97 Å². The summed E-state index contributed by atoms with van der Waals surface area (Å²) in [5, 5.41) is 0. The predicted molar refractivity (Wildman–Crippen MR) is 64.9 cm³/mol. The lowest BCUT2D eigenvalue weighted by atomic mass is 9.78. The van der Waals surface area contributed by atoms with Crippen molar-refractivity contribution in [3.8, 4) is 0 Å². The molecule has 0 bridgehead atoms. The molecule has 1 aliphatic rings. The summed E-state index contributed by atoms with van der Waals surface area (Å²) < 4.78 is 5.35. The van der Waals surface area contributed by atoms with Gasteiger partial charge in [0.15, 0.2) is 0 Å². The number of esters is 1. The molecule has 1 fully saturated rings. The van der Waals surface area contributed by atoms with Crippen molar-refractivity contribution in [1.29, 1.82) is 0 Å². The maximum atomic E-state index is 11.6. The summed E-state index contributed by atoms with van der Waals surface area (Å²) in [4.78, 5) is 11.6. The monoisotopic (exact) mass is 227 g/mol. The van der Waals surface area contributed by atoms with E-state index in [2.05, 4.69) is 20.8 Å². The minimum absolute atomic E-state index is 0.136. The second-order valence-electron chi connectivity index (χ2n) is 6.41. The molecule has 0 amide bonds. The average molecular weight is 227 g/mol. The van der Waals surface area contributed by atoms with Gasteiger partial charge in [-0.25, -0.2) is 0 Å². The molecule has 3 heteroatoms. The van der Waals surface area contributed by atoms with Crippen LogP contribution in [-0.2, 0) is 9.53 Å². The molecule has 3 nitrogen and oxygen atoms in total. The van der Waals surface area contributed by atoms with Gasteiger partial charge in [-0.1, -0.05) is 34.6 Å². The van der Waals surface area contributed by atoms with Crippen LogP contribution in [0.25, 0.3) is 0 Å². The van der Waals surface area contributed by atoms with Crippen LogP contribution in [0.2, 0.25) is 0 Å². The first kappa shape index (κ1) is 13.5. The zero-order chi connectivity index (χ0) is 12.6. The molecular weight excluding hydrogens is 202 g/mol. The highest BCUT2D eigenvalue weighted by Crippen LogP contribution is 2.58. The second kappa shape index (κ2) is 4.36. The lowest BCUT2D eigenvalue weighted by molar-refractivity contribution is -0.149. The van der Waals surface area contributed by atoms with Crippen LogP contribution in [0.4, 0.5) is 0 Å². The van der Waals surface area contributed by atoms with Gasteiger partial charge in [-0.05, 0) is 24.2 Å². The van der Waals surface area contributed by atoms with E-state index in [-0.39, 0.29) is 22.7 Å². The SMILES string of the molecule is CC(C)C(N)C(=O)OCC1(C(C)(C)C)CC1. The smallest absolute Gasteiger partial charge is 0.323 e. The summed E-state index contributed by atoms with van der Waals surface area (Å²) in [6.07, 6.45) is 2.31. The summed E-state index contributed by atoms with van der Waals surface area (Å²) in [5.41, 5.74) is 6.14. The molecule has 0 spiro atoms. The number of hydrogen-bond donors (Lipinski definition) is 1. The Labute approximate surface area is 98.7 Å². The van der Waals surface area contributed by atoms with E-state index in [1.165, 1.54) is 0 Å². The van der Waals surface area contributed by atoms with Crippen molar-refractivity contribution < 1.29 is 9.53 Å². The second-order valence-corrected chi connectivity index (χ2v) is 6.41. The molecule has 1 saturated carbocycles. The van der Waals surface area contributed by atoms with Crippen LogP contribution in [0.5, 0.6) is 0 Å². The lowest BCUT2D eigenvalue weighted by Gasteiger charge is -2.30. The summed E-state index contributed by atoms with van der Waals surface area (Å²) >= 11 is 0. The molecule has 1 rings (SSSR count). The lowest BCUT2D eigenvalue weighted by Crippen LogP contribution is -2.39. The van der Waals surface area contributed by atoms with E-state index in [1.807, 2.05) is 13.8 Å². The molecule has 0 saturated heterocycles. The molecule has 16 heavy (non-hydrogen) atoms. The molecule has 0 radical (unpaired) electrons. The van der Waals surface area contributed by atoms with E-state index >= 15 is 0 Å². The zero-order valence-electron chi connectivity index (χ0n) is 11.2. The number of rotatable bonds is 4. The number of carbonyl (C=O) groups is 1. The van der Waals surface area contributed by atoms with Crippen LogP contribution in [0.15, 0.2) is 0 Å². The molecule has 1 atom stereocenters. The third kappa shape index (κ3) is 2.76. The number of hydrogen-bond acceptors (Lipinski definition) is 3. The first-order chi connectivity index (χ1) is 7.19. The summed E-state index contributed by atoms with van der Waals surface area (Å²) in [6.45, 7) is 11.0. The Morgan fingerprint density at radius 1 is 1.38 bits per heavy atom. The fourth-order valence-corrected chi connectivity index (χ4v) is 1.84. The Balaban J connectivity index is 2.44. The minimum atomic E-state index is -0.490. The van der Waals surface area contributed by atoms with Crippen molar-refractivity contribution in [2.75, 3.05) is 6.61 Å².